The lowest BCUT2D eigenvalue weighted by Gasteiger charge is -2.06. The van der Waals surface area contributed by atoms with Crippen molar-refractivity contribution in [2.45, 2.75) is 6.92 Å². The number of carbonyl (C=O) groups excluding carboxylic acids is 1. The van der Waals surface area contributed by atoms with E-state index in [0.29, 0.717) is 22.8 Å². The minimum absolute atomic E-state index is 0.0352. The van der Waals surface area contributed by atoms with Crippen LogP contribution in [0, 0.1) is 0 Å². The summed E-state index contributed by atoms with van der Waals surface area (Å²) in [5.74, 6) is 2.04. The topological polar surface area (TPSA) is 57.1 Å². The number of fused-ring (bicyclic) bond motifs is 1. The number of nitrogens with zero attached hydrogens (tertiary/aromatic N) is 1. The fraction of sp³-hybridized carbons (Fsp3) is 0.176. The third kappa shape index (κ3) is 2.79. The first-order chi connectivity index (χ1) is 10.7. The van der Waals surface area contributed by atoms with Gasteiger partial charge in [-0.1, -0.05) is 0 Å². The second kappa shape index (κ2) is 5.89. The first-order valence-electron chi connectivity index (χ1n) is 6.80. The number of aliphatic imine (C=N–C) groups is 1. The van der Waals surface area contributed by atoms with Crippen LogP contribution in [0.25, 0.3) is 0 Å². The Morgan fingerprint density at radius 2 is 1.86 bits per heavy atom. The van der Waals surface area contributed by atoms with E-state index in [4.69, 9.17) is 14.2 Å². The highest BCUT2D eigenvalue weighted by Crippen LogP contribution is 2.37. The summed E-state index contributed by atoms with van der Waals surface area (Å²) in [7, 11) is 1.59. The van der Waals surface area contributed by atoms with Gasteiger partial charge in [-0.15, -0.1) is 0 Å². The molecule has 0 N–H and O–H groups in total. The molecule has 0 unspecified atom stereocenters. The fourth-order valence-electron chi connectivity index (χ4n) is 2.14. The van der Waals surface area contributed by atoms with E-state index >= 15 is 0 Å². The van der Waals surface area contributed by atoms with E-state index in [9.17, 15) is 4.79 Å². The molecular formula is C17H15NO4. The van der Waals surface area contributed by atoms with Crippen molar-refractivity contribution in [2.75, 3.05) is 13.9 Å². The number of Topliss-reactive ketones (excluding diaryl/α,β-unsaturated/α-hetero) is 1. The standard InChI is InChI=1S/C17H15NO4/c1-11(19)12-3-5-14(6-4-12)18-9-13-7-16-17(22-10-21-16)8-15(13)20-2/h3-9H,10H2,1-2H3. The van der Waals surface area contributed by atoms with Crippen molar-refractivity contribution < 1.29 is 19.0 Å². The third-order valence-electron chi connectivity index (χ3n) is 3.35. The quantitative estimate of drug-likeness (QED) is 0.641. The average Bonchev–Trinajstić information content (AvgIpc) is 2.99. The van der Waals surface area contributed by atoms with Crippen LogP contribution in [0.4, 0.5) is 5.69 Å². The van der Waals surface area contributed by atoms with Gasteiger partial charge in [0.15, 0.2) is 17.3 Å². The summed E-state index contributed by atoms with van der Waals surface area (Å²) in [6.07, 6.45) is 1.70. The molecule has 0 atom stereocenters. The number of hydrogen-bond donors (Lipinski definition) is 0. The summed E-state index contributed by atoms with van der Waals surface area (Å²) < 4.78 is 16.0. The minimum Gasteiger partial charge on any atom is -0.496 e. The summed E-state index contributed by atoms with van der Waals surface area (Å²) in [5, 5.41) is 0. The van der Waals surface area contributed by atoms with Gasteiger partial charge in [0.05, 0.1) is 12.8 Å². The third-order valence-corrected chi connectivity index (χ3v) is 3.35. The smallest absolute Gasteiger partial charge is 0.231 e. The molecule has 0 fully saturated rings. The van der Waals surface area contributed by atoms with Crippen molar-refractivity contribution in [2.24, 2.45) is 4.99 Å². The van der Waals surface area contributed by atoms with Crippen LogP contribution in [-0.4, -0.2) is 25.9 Å². The van der Waals surface area contributed by atoms with Crippen molar-refractivity contribution in [3.05, 3.63) is 47.5 Å². The van der Waals surface area contributed by atoms with Crippen LogP contribution in [0.2, 0.25) is 0 Å². The Hall–Kier alpha value is -2.82. The molecule has 112 valence electrons. The maximum absolute atomic E-state index is 11.2. The molecule has 0 aliphatic carbocycles. The highest BCUT2D eigenvalue weighted by Gasteiger charge is 2.16. The van der Waals surface area contributed by atoms with E-state index in [-0.39, 0.29) is 12.6 Å². The number of carbonyl (C=O) groups is 1. The molecular weight excluding hydrogens is 282 g/mol. The van der Waals surface area contributed by atoms with Gasteiger partial charge in [0.25, 0.3) is 0 Å². The number of ether oxygens (including phenoxy) is 3. The maximum Gasteiger partial charge on any atom is 0.231 e. The van der Waals surface area contributed by atoms with Crippen LogP contribution in [0.15, 0.2) is 41.4 Å². The van der Waals surface area contributed by atoms with E-state index in [1.54, 1.807) is 43.7 Å². The summed E-state index contributed by atoms with van der Waals surface area (Å²) in [6, 6.07) is 10.7. The van der Waals surface area contributed by atoms with E-state index in [2.05, 4.69) is 4.99 Å². The van der Waals surface area contributed by atoms with Gasteiger partial charge in [0.1, 0.15) is 5.75 Å². The van der Waals surface area contributed by atoms with Gasteiger partial charge in [-0.3, -0.25) is 9.79 Å². The Labute approximate surface area is 128 Å². The lowest BCUT2D eigenvalue weighted by atomic mass is 10.1. The largest absolute Gasteiger partial charge is 0.496 e. The van der Waals surface area contributed by atoms with Crippen LogP contribution in [0.1, 0.15) is 22.8 Å². The van der Waals surface area contributed by atoms with Crippen molar-refractivity contribution >= 4 is 17.7 Å². The number of rotatable bonds is 4. The lowest BCUT2D eigenvalue weighted by molar-refractivity contribution is 0.101. The molecule has 0 bridgehead atoms. The molecule has 1 aliphatic heterocycles. The van der Waals surface area contributed by atoms with E-state index in [1.165, 1.54) is 6.92 Å². The minimum atomic E-state index is 0.0352. The van der Waals surface area contributed by atoms with E-state index in [1.807, 2.05) is 6.07 Å². The zero-order valence-electron chi connectivity index (χ0n) is 12.3. The molecule has 5 nitrogen and oxygen atoms in total. The summed E-state index contributed by atoms with van der Waals surface area (Å²) >= 11 is 0. The monoisotopic (exact) mass is 297 g/mol. The molecule has 22 heavy (non-hydrogen) atoms. The molecule has 1 heterocycles. The normalized spacial score (nSPS) is 12.6. The number of hydrogen-bond acceptors (Lipinski definition) is 5. The fourth-order valence-corrected chi connectivity index (χ4v) is 2.14. The first-order valence-corrected chi connectivity index (χ1v) is 6.80. The molecule has 2 aromatic rings. The zero-order valence-corrected chi connectivity index (χ0v) is 12.3. The van der Waals surface area contributed by atoms with Crippen LogP contribution in [0.3, 0.4) is 0 Å². The van der Waals surface area contributed by atoms with Crippen molar-refractivity contribution in [3.63, 3.8) is 0 Å². The van der Waals surface area contributed by atoms with Gasteiger partial charge in [-0.2, -0.15) is 0 Å². The number of benzene rings is 2. The van der Waals surface area contributed by atoms with Gasteiger partial charge in [0.2, 0.25) is 6.79 Å². The van der Waals surface area contributed by atoms with Crippen molar-refractivity contribution in [1.82, 2.24) is 0 Å². The SMILES string of the molecule is COc1cc2c(cc1C=Nc1ccc(C(C)=O)cc1)OCO2. The molecule has 2 aromatic carbocycles. The van der Waals surface area contributed by atoms with Crippen LogP contribution < -0.4 is 14.2 Å². The molecule has 0 aromatic heterocycles. The zero-order chi connectivity index (χ0) is 15.5. The van der Waals surface area contributed by atoms with E-state index < -0.39 is 0 Å². The van der Waals surface area contributed by atoms with Gasteiger partial charge in [-0.05, 0) is 37.3 Å². The van der Waals surface area contributed by atoms with Gasteiger partial charge >= 0.3 is 0 Å². The molecule has 0 saturated carbocycles. The highest BCUT2D eigenvalue weighted by atomic mass is 16.7. The van der Waals surface area contributed by atoms with Crippen molar-refractivity contribution in [1.29, 1.82) is 0 Å². The first kappa shape index (κ1) is 14.1. The second-order valence-corrected chi connectivity index (χ2v) is 4.81. The van der Waals surface area contributed by atoms with E-state index in [0.717, 1.165) is 11.3 Å². The highest BCUT2D eigenvalue weighted by molar-refractivity contribution is 5.94. The van der Waals surface area contributed by atoms with Crippen molar-refractivity contribution in [3.8, 4) is 17.2 Å². The lowest BCUT2D eigenvalue weighted by Crippen LogP contribution is -1.92. The maximum atomic E-state index is 11.2. The Morgan fingerprint density at radius 3 is 2.50 bits per heavy atom. The number of ketones is 1. The van der Waals surface area contributed by atoms with Crippen LogP contribution in [-0.2, 0) is 0 Å². The average molecular weight is 297 g/mol. The Kier molecular flexibility index (Phi) is 3.78. The van der Waals surface area contributed by atoms with Gasteiger partial charge < -0.3 is 14.2 Å². The predicted molar refractivity (Wildman–Crippen MR) is 82.8 cm³/mol. The molecule has 0 amide bonds. The molecule has 0 radical (unpaired) electrons. The molecule has 0 spiro atoms. The molecule has 1 aliphatic rings. The predicted octanol–water partition coefficient (Wildman–Crippen LogP) is 3.38. The van der Waals surface area contributed by atoms with Gasteiger partial charge in [-0.25, -0.2) is 0 Å². The molecule has 0 saturated heterocycles. The molecule has 3 rings (SSSR count). The summed E-state index contributed by atoms with van der Waals surface area (Å²) in [6.45, 7) is 1.75. The second-order valence-electron chi connectivity index (χ2n) is 4.81. The number of methoxy groups -OCH3 is 1. The van der Waals surface area contributed by atoms with Crippen LogP contribution >= 0.6 is 0 Å². The molecule has 5 heteroatoms. The van der Waals surface area contributed by atoms with Crippen LogP contribution in [0.5, 0.6) is 17.2 Å². The van der Waals surface area contributed by atoms with Gasteiger partial charge in [0, 0.05) is 23.4 Å². The Morgan fingerprint density at radius 1 is 1.18 bits per heavy atom. The summed E-state index contributed by atoms with van der Waals surface area (Å²) in [5.41, 5.74) is 2.21. The summed E-state index contributed by atoms with van der Waals surface area (Å²) in [4.78, 5) is 15.6. The Balaban J connectivity index is 1.87. The Bertz CT molecular complexity index is 735.